The van der Waals surface area contributed by atoms with Crippen LogP contribution in [0.15, 0.2) is 12.1 Å². The van der Waals surface area contributed by atoms with Crippen molar-refractivity contribution < 1.29 is 4.79 Å². The van der Waals surface area contributed by atoms with Gasteiger partial charge in [-0.15, -0.1) is 11.3 Å². The number of alkyl halides is 1. The van der Waals surface area contributed by atoms with Gasteiger partial charge in [-0.05, 0) is 31.4 Å². The standard InChI is InChI=1S/C11H14BrNOS/c1-8-2-3-10(15-8)11(14)13-5-4-9(6-12)7-13/h2-3,9H,4-7H2,1H3. The summed E-state index contributed by atoms with van der Waals surface area (Å²) in [5.74, 6) is 0.839. The molecule has 2 rings (SSSR count). The van der Waals surface area contributed by atoms with E-state index >= 15 is 0 Å². The fraction of sp³-hybridized carbons (Fsp3) is 0.545. The molecule has 2 nitrogen and oxygen atoms in total. The van der Waals surface area contributed by atoms with Gasteiger partial charge in [-0.2, -0.15) is 0 Å². The molecule has 0 aliphatic carbocycles. The molecule has 0 radical (unpaired) electrons. The molecular formula is C11H14BrNOS. The predicted octanol–water partition coefficient (Wildman–Crippen LogP) is 2.91. The number of carbonyl (C=O) groups excluding carboxylic acids is 1. The van der Waals surface area contributed by atoms with Crippen LogP contribution in [0.5, 0.6) is 0 Å². The molecule has 1 unspecified atom stereocenters. The molecular weight excluding hydrogens is 274 g/mol. The van der Waals surface area contributed by atoms with Crippen LogP contribution in [-0.4, -0.2) is 29.2 Å². The number of hydrogen-bond acceptors (Lipinski definition) is 2. The monoisotopic (exact) mass is 287 g/mol. The number of thiophene rings is 1. The first-order valence-corrected chi connectivity index (χ1v) is 7.06. The lowest BCUT2D eigenvalue weighted by Crippen LogP contribution is -2.28. The summed E-state index contributed by atoms with van der Waals surface area (Å²) in [5.41, 5.74) is 0. The highest BCUT2D eigenvalue weighted by Crippen LogP contribution is 2.23. The third-order valence-electron chi connectivity index (χ3n) is 2.74. The van der Waals surface area contributed by atoms with E-state index in [0.717, 1.165) is 29.7 Å². The van der Waals surface area contributed by atoms with Gasteiger partial charge in [0.05, 0.1) is 4.88 Å². The summed E-state index contributed by atoms with van der Waals surface area (Å²) in [5, 5.41) is 1.00. The van der Waals surface area contributed by atoms with Crippen molar-refractivity contribution in [3.8, 4) is 0 Å². The molecule has 1 aromatic heterocycles. The van der Waals surface area contributed by atoms with Gasteiger partial charge in [0.15, 0.2) is 0 Å². The summed E-state index contributed by atoms with van der Waals surface area (Å²) in [6.45, 7) is 3.85. The molecule has 0 bridgehead atoms. The van der Waals surface area contributed by atoms with Crippen molar-refractivity contribution in [2.75, 3.05) is 18.4 Å². The van der Waals surface area contributed by atoms with E-state index in [1.807, 2.05) is 24.0 Å². The highest BCUT2D eigenvalue weighted by atomic mass is 79.9. The number of halogens is 1. The highest BCUT2D eigenvalue weighted by Gasteiger charge is 2.26. The van der Waals surface area contributed by atoms with Gasteiger partial charge >= 0.3 is 0 Å². The van der Waals surface area contributed by atoms with Crippen LogP contribution < -0.4 is 0 Å². The maximum Gasteiger partial charge on any atom is 0.263 e. The number of amides is 1. The number of nitrogens with zero attached hydrogens (tertiary/aromatic N) is 1. The zero-order valence-electron chi connectivity index (χ0n) is 8.70. The lowest BCUT2D eigenvalue weighted by molar-refractivity contribution is 0.0793. The lowest BCUT2D eigenvalue weighted by Gasteiger charge is -2.14. The number of hydrogen-bond donors (Lipinski definition) is 0. The molecule has 4 heteroatoms. The van der Waals surface area contributed by atoms with E-state index < -0.39 is 0 Å². The minimum atomic E-state index is 0.205. The van der Waals surface area contributed by atoms with Gasteiger partial charge in [-0.25, -0.2) is 0 Å². The van der Waals surface area contributed by atoms with Crippen LogP contribution in [0, 0.1) is 12.8 Å². The van der Waals surface area contributed by atoms with Gasteiger partial charge in [0.25, 0.3) is 5.91 Å². The van der Waals surface area contributed by atoms with E-state index in [1.165, 1.54) is 4.88 Å². The van der Waals surface area contributed by atoms with Crippen LogP contribution in [0.25, 0.3) is 0 Å². The molecule has 1 amide bonds. The molecule has 0 aromatic carbocycles. The van der Waals surface area contributed by atoms with Gasteiger partial charge in [0.2, 0.25) is 0 Å². The quantitative estimate of drug-likeness (QED) is 0.766. The molecule has 1 aliphatic rings. The van der Waals surface area contributed by atoms with Crippen molar-refractivity contribution in [3.63, 3.8) is 0 Å². The van der Waals surface area contributed by atoms with Gasteiger partial charge < -0.3 is 4.90 Å². The molecule has 1 fully saturated rings. The minimum Gasteiger partial charge on any atom is -0.338 e. The SMILES string of the molecule is Cc1ccc(C(=O)N2CCC(CBr)C2)s1. The van der Waals surface area contributed by atoms with Gasteiger partial charge in [-0.3, -0.25) is 4.79 Å². The van der Waals surface area contributed by atoms with Gasteiger partial charge in [-0.1, -0.05) is 15.9 Å². The Morgan fingerprint density at radius 2 is 2.47 bits per heavy atom. The average Bonchev–Trinajstić information content (AvgIpc) is 2.84. The Hall–Kier alpha value is -0.350. The molecule has 2 heterocycles. The molecule has 15 heavy (non-hydrogen) atoms. The molecule has 1 aromatic rings. The Labute approximate surface area is 102 Å². The Morgan fingerprint density at radius 3 is 3.00 bits per heavy atom. The van der Waals surface area contributed by atoms with Crippen molar-refractivity contribution in [1.82, 2.24) is 4.90 Å². The fourth-order valence-electron chi connectivity index (χ4n) is 1.85. The Morgan fingerprint density at radius 1 is 1.67 bits per heavy atom. The summed E-state index contributed by atoms with van der Waals surface area (Å²) in [7, 11) is 0. The molecule has 0 N–H and O–H groups in total. The van der Waals surface area contributed by atoms with Crippen molar-refractivity contribution in [1.29, 1.82) is 0 Å². The van der Waals surface area contributed by atoms with Crippen LogP contribution in [0.3, 0.4) is 0 Å². The molecule has 1 aliphatic heterocycles. The smallest absolute Gasteiger partial charge is 0.263 e. The third kappa shape index (κ3) is 2.42. The van der Waals surface area contributed by atoms with Crippen molar-refractivity contribution in [2.45, 2.75) is 13.3 Å². The fourth-order valence-corrected chi connectivity index (χ4v) is 3.21. The predicted molar refractivity (Wildman–Crippen MR) is 66.9 cm³/mol. The number of carbonyl (C=O) groups is 1. The van der Waals surface area contributed by atoms with Crippen molar-refractivity contribution >= 4 is 33.2 Å². The molecule has 0 saturated carbocycles. The van der Waals surface area contributed by atoms with Gasteiger partial charge in [0.1, 0.15) is 0 Å². The zero-order valence-corrected chi connectivity index (χ0v) is 11.1. The number of likely N-dealkylation sites (tertiary alicyclic amines) is 1. The molecule has 0 spiro atoms. The summed E-state index contributed by atoms with van der Waals surface area (Å²) >= 11 is 5.07. The maximum atomic E-state index is 12.0. The van der Waals surface area contributed by atoms with E-state index in [9.17, 15) is 4.79 Å². The third-order valence-corrected chi connectivity index (χ3v) is 4.65. The van der Waals surface area contributed by atoms with Crippen LogP contribution in [0.4, 0.5) is 0 Å². The number of aryl methyl sites for hydroxylation is 1. The lowest BCUT2D eigenvalue weighted by atomic mass is 10.2. The number of rotatable bonds is 2. The molecule has 1 saturated heterocycles. The summed E-state index contributed by atoms with van der Waals surface area (Å²) in [4.78, 5) is 16.1. The second-order valence-electron chi connectivity index (χ2n) is 3.97. The van der Waals surface area contributed by atoms with Gasteiger partial charge in [0, 0.05) is 23.3 Å². The second kappa shape index (κ2) is 4.66. The minimum absolute atomic E-state index is 0.205. The summed E-state index contributed by atoms with van der Waals surface area (Å²) in [6.07, 6.45) is 1.13. The van der Waals surface area contributed by atoms with Crippen LogP contribution in [0.2, 0.25) is 0 Å². The average molecular weight is 288 g/mol. The van der Waals surface area contributed by atoms with E-state index in [4.69, 9.17) is 0 Å². The first-order chi connectivity index (χ1) is 7.20. The second-order valence-corrected chi connectivity index (χ2v) is 5.91. The normalized spacial score (nSPS) is 20.9. The van der Waals surface area contributed by atoms with Crippen LogP contribution in [-0.2, 0) is 0 Å². The first-order valence-electron chi connectivity index (χ1n) is 5.12. The Balaban J connectivity index is 2.03. The Kier molecular flexibility index (Phi) is 3.46. The summed E-state index contributed by atoms with van der Waals surface area (Å²) < 4.78 is 0. The van der Waals surface area contributed by atoms with E-state index in [0.29, 0.717) is 5.92 Å². The van der Waals surface area contributed by atoms with Crippen molar-refractivity contribution in [3.05, 3.63) is 21.9 Å². The zero-order chi connectivity index (χ0) is 10.8. The van der Waals surface area contributed by atoms with E-state index in [1.54, 1.807) is 11.3 Å². The summed E-state index contributed by atoms with van der Waals surface area (Å²) in [6, 6.07) is 3.94. The van der Waals surface area contributed by atoms with Crippen LogP contribution in [0.1, 0.15) is 21.0 Å². The maximum absolute atomic E-state index is 12.0. The molecule has 82 valence electrons. The van der Waals surface area contributed by atoms with Crippen LogP contribution >= 0.6 is 27.3 Å². The van der Waals surface area contributed by atoms with E-state index in [-0.39, 0.29) is 5.91 Å². The van der Waals surface area contributed by atoms with Crippen molar-refractivity contribution in [2.24, 2.45) is 5.92 Å². The van der Waals surface area contributed by atoms with E-state index in [2.05, 4.69) is 15.9 Å². The Bertz CT molecular complexity index is 363. The highest BCUT2D eigenvalue weighted by molar-refractivity contribution is 9.09. The first kappa shape index (κ1) is 11.1. The topological polar surface area (TPSA) is 20.3 Å². The molecule has 1 atom stereocenters. The largest absolute Gasteiger partial charge is 0.338 e.